The van der Waals surface area contributed by atoms with Crippen LogP contribution in [0.25, 0.3) is 0 Å². The van der Waals surface area contributed by atoms with Crippen LogP contribution in [0.2, 0.25) is 0 Å². The second-order valence-corrected chi connectivity index (χ2v) is 4.26. The summed E-state index contributed by atoms with van der Waals surface area (Å²) in [7, 11) is 0. The summed E-state index contributed by atoms with van der Waals surface area (Å²) in [6.07, 6.45) is 0. The Kier molecular flexibility index (Phi) is 5.42. The van der Waals surface area contributed by atoms with E-state index < -0.39 is 0 Å². The van der Waals surface area contributed by atoms with Gasteiger partial charge >= 0.3 is 0 Å². The van der Waals surface area contributed by atoms with Crippen LogP contribution < -0.4 is 4.90 Å². The molecule has 1 aromatic rings. The van der Waals surface area contributed by atoms with Crippen LogP contribution in [-0.4, -0.2) is 30.4 Å². The monoisotopic (exact) mass is 260 g/mol. The largest absolute Gasteiger partial charge is 0.372 e. The van der Waals surface area contributed by atoms with E-state index in [2.05, 4.69) is 23.7 Å². The van der Waals surface area contributed by atoms with Gasteiger partial charge in [-0.15, -0.1) is 0 Å². The summed E-state index contributed by atoms with van der Waals surface area (Å²) in [5, 5.41) is 0. The SMILES string of the molecule is CCN(CC)c1ccc(N=C(C(C)=O)C(C)=O)cc1. The predicted octanol–water partition coefficient (Wildman–Crippen LogP) is 2.78. The van der Waals surface area contributed by atoms with Gasteiger partial charge in [0.05, 0.1) is 5.69 Å². The molecule has 0 aliphatic carbocycles. The molecule has 1 rings (SSSR count). The van der Waals surface area contributed by atoms with E-state index in [4.69, 9.17) is 0 Å². The standard InChI is InChI=1S/C15H20N2O2/c1-5-17(6-2)14-9-7-13(8-10-14)16-15(11(3)18)12(4)19/h7-10H,5-6H2,1-4H3. The summed E-state index contributed by atoms with van der Waals surface area (Å²) in [6.45, 7) is 8.77. The summed E-state index contributed by atoms with van der Waals surface area (Å²) in [4.78, 5) is 28.9. The maximum atomic E-state index is 11.3. The van der Waals surface area contributed by atoms with Crippen molar-refractivity contribution < 1.29 is 9.59 Å². The van der Waals surface area contributed by atoms with Gasteiger partial charge in [0, 0.05) is 32.6 Å². The van der Waals surface area contributed by atoms with E-state index in [1.165, 1.54) is 13.8 Å². The molecule has 0 spiro atoms. The summed E-state index contributed by atoms with van der Waals surface area (Å²) in [5.74, 6) is -0.611. The van der Waals surface area contributed by atoms with E-state index >= 15 is 0 Å². The molecule has 0 aliphatic heterocycles. The van der Waals surface area contributed by atoms with E-state index in [1.807, 2.05) is 24.3 Å². The first-order valence-electron chi connectivity index (χ1n) is 6.45. The lowest BCUT2D eigenvalue weighted by Crippen LogP contribution is -2.21. The van der Waals surface area contributed by atoms with Gasteiger partial charge in [0.2, 0.25) is 0 Å². The average Bonchev–Trinajstić information content (AvgIpc) is 2.38. The van der Waals surface area contributed by atoms with E-state index in [0.29, 0.717) is 5.69 Å². The van der Waals surface area contributed by atoms with Crippen molar-refractivity contribution in [2.75, 3.05) is 18.0 Å². The number of carbonyl (C=O) groups is 2. The van der Waals surface area contributed by atoms with Crippen molar-refractivity contribution in [1.29, 1.82) is 0 Å². The molecule has 0 unspecified atom stereocenters. The summed E-state index contributed by atoms with van der Waals surface area (Å²) in [5.41, 5.74) is 1.73. The first kappa shape index (κ1) is 15.1. The number of benzene rings is 1. The van der Waals surface area contributed by atoms with Gasteiger partial charge in [0.25, 0.3) is 0 Å². The van der Waals surface area contributed by atoms with Crippen LogP contribution in [-0.2, 0) is 9.59 Å². The summed E-state index contributed by atoms with van der Waals surface area (Å²) >= 11 is 0. The maximum absolute atomic E-state index is 11.3. The van der Waals surface area contributed by atoms with Crippen molar-refractivity contribution in [2.24, 2.45) is 4.99 Å². The Balaban J connectivity index is 3.02. The topological polar surface area (TPSA) is 49.7 Å². The van der Waals surface area contributed by atoms with Gasteiger partial charge in [0.1, 0.15) is 5.71 Å². The molecule has 0 aliphatic rings. The minimum Gasteiger partial charge on any atom is -0.372 e. The van der Waals surface area contributed by atoms with Crippen molar-refractivity contribution in [3.8, 4) is 0 Å². The molecule has 19 heavy (non-hydrogen) atoms. The third kappa shape index (κ3) is 4.02. The fourth-order valence-corrected chi connectivity index (χ4v) is 1.86. The molecular weight excluding hydrogens is 240 g/mol. The minimum atomic E-state index is -0.305. The predicted molar refractivity (Wildman–Crippen MR) is 78.5 cm³/mol. The van der Waals surface area contributed by atoms with Crippen LogP contribution in [0.5, 0.6) is 0 Å². The Morgan fingerprint density at radius 2 is 1.47 bits per heavy atom. The van der Waals surface area contributed by atoms with E-state index in [9.17, 15) is 9.59 Å². The van der Waals surface area contributed by atoms with Gasteiger partial charge in [-0.25, -0.2) is 4.99 Å². The van der Waals surface area contributed by atoms with Gasteiger partial charge < -0.3 is 4.90 Å². The normalized spacial score (nSPS) is 9.89. The molecule has 0 radical (unpaired) electrons. The molecule has 0 N–H and O–H groups in total. The lowest BCUT2D eigenvalue weighted by atomic mass is 10.2. The zero-order valence-corrected chi connectivity index (χ0v) is 11.9. The zero-order chi connectivity index (χ0) is 14.4. The second-order valence-electron chi connectivity index (χ2n) is 4.26. The first-order valence-corrected chi connectivity index (χ1v) is 6.45. The molecule has 0 saturated carbocycles. The molecule has 0 saturated heterocycles. The number of hydrogen-bond donors (Lipinski definition) is 0. The van der Waals surface area contributed by atoms with Gasteiger partial charge in [-0.1, -0.05) is 0 Å². The Bertz CT molecular complexity index is 469. The van der Waals surface area contributed by atoms with Crippen LogP contribution in [0, 0.1) is 0 Å². The summed E-state index contributed by atoms with van der Waals surface area (Å²) in [6, 6.07) is 7.53. The van der Waals surface area contributed by atoms with Crippen molar-refractivity contribution in [2.45, 2.75) is 27.7 Å². The summed E-state index contributed by atoms with van der Waals surface area (Å²) < 4.78 is 0. The molecule has 0 amide bonds. The van der Waals surface area contributed by atoms with Crippen molar-refractivity contribution in [1.82, 2.24) is 0 Å². The third-order valence-electron chi connectivity index (χ3n) is 2.89. The molecule has 4 nitrogen and oxygen atoms in total. The maximum Gasteiger partial charge on any atom is 0.181 e. The van der Waals surface area contributed by atoms with Crippen molar-refractivity contribution in [3.63, 3.8) is 0 Å². The van der Waals surface area contributed by atoms with Crippen molar-refractivity contribution >= 4 is 28.7 Å². The Hall–Kier alpha value is -1.97. The Labute approximate surface area is 114 Å². The van der Waals surface area contributed by atoms with E-state index in [0.717, 1.165) is 18.8 Å². The number of nitrogens with zero attached hydrogens (tertiary/aromatic N) is 2. The van der Waals surface area contributed by atoms with Gasteiger partial charge in [-0.05, 0) is 38.1 Å². The van der Waals surface area contributed by atoms with Gasteiger partial charge in [-0.2, -0.15) is 0 Å². The fourth-order valence-electron chi connectivity index (χ4n) is 1.86. The number of hydrogen-bond acceptors (Lipinski definition) is 4. The zero-order valence-electron chi connectivity index (χ0n) is 11.9. The lowest BCUT2D eigenvalue weighted by Gasteiger charge is -2.20. The number of aliphatic imine (C=N–C) groups is 1. The number of rotatable bonds is 6. The third-order valence-corrected chi connectivity index (χ3v) is 2.89. The number of Topliss-reactive ketones (excluding diaryl/α,β-unsaturated/α-hetero) is 2. The van der Waals surface area contributed by atoms with E-state index in [-0.39, 0.29) is 17.3 Å². The van der Waals surface area contributed by atoms with Crippen LogP contribution in [0.3, 0.4) is 0 Å². The average molecular weight is 260 g/mol. The van der Waals surface area contributed by atoms with Crippen LogP contribution in [0.15, 0.2) is 29.3 Å². The van der Waals surface area contributed by atoms with Gasteiger partial charge in [0.15, 0.2) is 11.6 Å². The Morgan fingerprint density at radius 1 is 1.00 bits per heavy atom. The number of carbonyl (C=O) groups excluding carboxylic acids is 2. The minimum absolute atomic E-state index is 0.00408. The fraction of sp³-hybridized carbons (Fsp3) is 0.400. The van der Waals surface area contributed by atoms with Gasteiger partial charge in [-0.3, -0.25) is 9.59 Å². The highest BCUT2D eigenvalue weighted by Gasteiger charge is 2.11. The molecule has 0 fully saturated rings. The first-order chi connectivity index (χ1) is 8.99. The van der Waals surface area contributed by atoms with Crippen LogP contribution in [0.4, 0.5) is 11.4 Å². The molecule has 1 aromatic carbocycles. The molecular formula is C15H20N2O2. The van der Waals surface area contributed by atoms with E-state index in [1.54, 1.807) is 0 Å². The molecule has 0 heterocycles. The molecule has 0 aromatic heterocycles. The highest BCUT2D eigenvalue weighted by molar-refractivity contribution is 6.65. The molecule has 4 heteroatoms. The van der Waals surface area contributed by atoms with Crippen molar-refractivity contribution in [3.05, 3.63) is 24.3 Å². The quantitative estimate of drug-likeness (QED) is 0.583. The Morgan fingerprint density at radius 3 is 1.84 bits per heavy atom. The van der Waals surface area contributed by atoms with Crippen LogP contribution in [0.1, 0.15) is 27.7 Å². The molecule has 102 valence electrons. The highest BCUT2D eigenvalue weighted by atomic mass is 16.1. The number of ketones is 2. The lowest BCUT2D eigenvalue weighted by molar-refractivity contribution is -0.114. The number of anilines is 1. The van der Waals surface area contributed by atoms with Crippen LogP contribution >= 0.6 is 0 Å². The smallest absolute Gasteiger partial charge is 0.181 e. The second kappa shape index (κ2) is 6.83. The molecule has 0 atom stereocenters. The molecule has 0 bridgehead atoms. The highest BCUT2D eigenvalue weighted by Crippen LogP contribution is 2.20.